The summed E-state index contributed by atoms with van der Waals surface area (Å²) in [5.41, 5.74) is 0.609. The van der Waals surface area contributed by atoms with Crippen LogP contribution in [0.1, 0.15) is 100 Å². The van der Waals surface area contributed by atoms with Gasteiger partial charge in [-0.25, -0.2) is 19.5 Å². The topological polar surface area (TPSA) is 124 Å². The molecule has 1 rings (SSSR count). The number of hydrogen-bond donors (Lipinski definition) is 3. The van der Waals surface area contributed by atoms with E-state index in [1.807, 2.05) is 13.0 Å². The monoisotopic (exact) mass is 492 g/mol. The molecule has 0 bridgehead atoms. The van der Waals surface area contributed by atoms with E-state index in [4.69, 9.17) is 25.4 Å². The van der Waals surface area contributed by atoms with Gasteiger partial charge in [0, 0.05) is 13.8 Å². The first-order valence-electron chi connectivity index (χ1n) is 11.3. The highest BCUT2D eigenvalue weighted by atomic mass is 17.2. The van der Waals surface area contributed by atoms with E-state index in [0.717, 1.165) is 12.8 Å². The first kappa shape index (κ1) is 36.8. The fourth-order valence-electron chi connectivity index (χ4n) is 1.45. The number of rotatable bonds is 7. The molecule has 9 heteroatoms. The van der Waals surface area contributed by atoms with Gasteiger partial charge in [0.15, 0.2) is 0 Å². The average Bonchev–Trinajstić information content (AvgIpc) is 2.71. The Morgan fingerprint density at radius 2 is 1.29 bits per heavy atom. The third-order valence-corrected chi connectivity index (χ3v) is 3.19. The Balaban J connectivity index is -0.000000399. The Morgan fingerprint density at radius 1 is 0.882 bits per heavy atom. The van der Waals surface area contributed by atoms with Crippen molar-refractivity contribution in [1.82, 2.24) is 0 Å². The van der Waals surface area contributed by atoms with Crippen LogP contribution < -0.4 is 0 Å². The van der Waals surface area contributed by atoms with Crippen LogP contribution in [0.2, 0.25) is 0 Å². The van der Waals surface area contributed by atoms with Gasteiger partial charge in [0.2, 0.25) is 5.79 Å². The molecule has 0 aromatic heterocycles. The maximum atomic E-state index is 10.1. The van der Waals surface area contributed by atoms with Crippen LogP contribution in [0.3, 0.4) is 0 Å². The van der Waals surface area contributed by atoms with Crippen LogP contribution in [0.25, 0.3) is 0 Å². The summed E-state index contributed by atoms with van der Waals surface area (Å²) in [5, 5.41) is 24.1. The Labute approximate surface area is 205 Å². The molecule has 0 aliphatic rings. The van der Waals surface area contributed by atoms with E-state index in [0.29, 0.717) is 12.5 Å². The van der Waals surface area contributed by atoms with Gasteiger partial charge in [0.1, 0.15) is 0 Å². The van der Waals surface area contributed by atoms with Gasteiger partial charge in [-0.05, 0) is 59.4 Å². The van der Waals surface area contributed by atoms with Crippen molar-refractivity contribution in [2.45, 2.75) is 112 Å². The number of hydrogen-bond acceptors (Lipinski definition) is 8. The van der Waals surface area contributed by atoms with Crippen LogP contribution in [0.4, 0.5) is 4.79 Å². The molecule has 202 valence electrons. The Hall–Kier alpha value is -1.75. The second kappa shape index (κ2) is 19.5. The van der Waals surface area contributed by atoms with Gasteiger partial charge in [0.25, 0.3) is 0 Å². The largest absolute Gasteiger partial charge is 0.508 e. The molecule has 0 amide bonds. The predicted octanol–water partition coefficient (Wildman–Crippen LogP) is 7.52. The number of unbranched alkanes of at least 4 members (excludes halogenated alkanes) is 1. The predicted molar refractivity (Wildman–Crippen MR) is 133 cm³/mol. The van der Waals surface area contributed by atoms with Gasteiger partial charge in [-0.3, -0.25) is 10.5 Å². The zero-order chi connectivity index (χ0) is 27.4. The summed E-state index contributed by atoms with van der Waals surface area (Å²) in [7, 11) is 0. The molecule has 0 aliphatic carbocycles. The van der Waals surface area contributed by atoms with Crippen molar-refractivity contribution in [3.05, 3.63) is 35.9 Å². The molecule has 0 heterocycles. The standard InChI is InChI=1S/C9H12.C8H16O5.2C4H10O2/c1-8(2)9-6-4-3-5-7-9;1-4-5-6-11-13-8(2,3)12-7(9)10;2*1-4(2,3)6-5/h3-8H,1-2H3;4-6H2,1-3H3,(H,9,10);2*5H,1-3H3. The minimum Gasteiger partial charge on any atom is -0.450 e. The van der Waals surface area contributed by atoms with Crippen molar-refractivity contribution in [1.29, 1.82) is 0 Å². The summed E-state index contributed by atoms with van der Waals surface area (Å²) in [6.07, 6.45) is 0.469. The zero-order valence-corrected chi connectivity index (χ0v) is 22.9. The highest BCUT2D eigenvalue weighted by molar-refractivity contribution is 5.57. The molecule has 0 saturated heterocycles. The van der Waals surface area contributed by atoms with Gasteiger partial charge in [0.05, 0.1) is 17.8 Å². The fraction of sp³-hybridized carbons (Fsp3) is 0.720. The number of carboxylic acid groups (broad SMARTS) is 1. The normalized spacial score (nSPS) is 11.2. The van der Waals surface area contributed by atoms with Crippen LogP contribution in [0.5, 0.6) is 0 Å². The maximum Gasteiger partial charge on any atom is 0.508 e. The van der Waals surface area contributed by atoms with Gasteiger partial charge in [-0.1, -0.05) is 57.5 Å². The van der Waals surface area contributed by atoms with E-state index in [9.17, 15) is 4.79 Å². The second-order valence-corrected chi connectivity index (χ2v) is 10.00. The quantitative estimate of drug-likeness (QED) is 0.116. The van der Waals surface area contributed by atoms with Crippen LogP contribution in [0, 0.1) is 0 Å². The van der Waals surface area contributed by atoms with E-state index in [-0.39, 0.29) is 0 Å². The van der Waals surface area contributed by atoms with Crippen LogP contribution >= 0.6 is 0 Å². The zero-order valence-electron chi connectivity index (χ0n) is 22.9. The molecule has 34 heavy (non-hydrogen) atoms. The van der Waals surface area contributed by atoms with E-state index < -0.39 is 23.1 Å². The number of benzene rings is 1. The Kier molecular flexibility index (Phi) is 21.2. The first-order chi connectivity index (χ1) is 15.4. The van der Waals surface area contributed by atoms with Crippen molar-refractivity contribution in [3.63, 3.8) is 0 Å². The molecule has 3 N–H and O–H groups in total. The van der Waals surface area contributed by atoms with Gasteiger partial charge >= 0.3 is 6.16 Å². The van der Waals surface area contributed by atoms with E-state index >= 15 is 0 Å². The minimum atomic E-state index is -1.39. The second-order valence-electron chi connectivity index (χ2n) is 10.00. The number of carbonyl (C=O) groups is 1. The lowest BCUT2D eigenvalue weighted by Crippen LogP contribution is -2.31. The molecule has 1 aromatic carbocycles. The molecule has 0 atom stereocenters. The summed E-state index contributed by atoms with van der Waals surface area (Å²) in [5.74, 6) is -0.592. The Morgan fingerprint density at radius 3 is 1.56 bits per heavy atom. The van der Waals surface area contributed by atoms with Crippen molar-refractivity contribution < 1.29 is 44.7 Å². The molecule has 0 unspecified atom stereocenters. The lowest BCUT2D eigenvalue weighted by atomic mass is 10.0. The fourth-order valence-corrected chi connectivity index (χ4v) is 1.45. The first-order valence-corrected chi connectivity index (χ1v) is 11.3. The number of ether oxygens (including phenoxy) is 1. The third-order valence-electron chi connectivity index (χ3n) is 3.19. The maximum absolute atomic E-state index is 10.1. The summed E-state index contributed by atoms with van der Waals surface area (Å²) in [4.78, 5) is 27.5. The van der Waals surface area contributed by atoms with Gasteiger partial charge < -0.3 is 9.84 Å². The van der Waals surface area contributed by atoms with Crippen molar-refractivity contribution in [2.24, 2.45) is 0 Å². The van der Waals surface area contributed by atoms with E-state index in [1.165, 1.54) is 19.4 Å². The van der Waals surface area contributed by atoms with Crippen LogP contribution in [-0.4, -0.2) is 45.4 Å². The molecular weight excluding hydrogens is 444 g/mol. The van der Waals surface area contributed by atoms with Crippen molar-refractivity contribution in [2.75, 3.05) is 6.61 Å². The molecule has 1 aromatic rings. The minimum absolute atomic E-state index is 0.403. The Bertz CT molecular complexity index is 575. The molecule has 9 nitrogen and oxygen atoms in total. The molecule has 0 aliphatic heterocycles. The van der Waals surface area contributed by atoms with Gasteiger partial charge in [-0.15, -0.1) is 0 Å². The van der Waals surface area contributed by atoms with Crippen molar-refractivity contribution >= 4 is 6.16 Å². The smallest absolute Gasteiger partial charge is 0.450 e. The highest BCUT2D eigenvalue weighted by Gasteiger charge is 2.24. The molecule has 0 spiro atoms. The summed E-state index contributed by atoms with van der Waals surface area (Å²) in [6, 6.07) is 10.5. The SMILES string of the molecule is CC(C)(C)OO.CC(C)(C)OO.CC(C)c1ccccc1.CCCCOOC(C)(C)OC(=O)O. The average molecular weight is 493 g/mol. The lowest BCUT2D eigenvalue weighted by molar-refractivity contribution is -0.406. The van der Waals surface area contributed by atoms with Crippen LogP contribution in [0.15, 0.2) is 30.3 Å². The van der Waals surface area contributed by atoms with E-state index in [2.05, 4.69) is 52.6 Å². The third kappa shape index (κ3) is 32.4. The molecule has 0 fully saturated rings. The molecular formula is C25H48O9. The molecule has 0 saturated carbocycles. The molecule has 0 radical (unpaired) electrons. The summed E-state index contributed by atoms with van der Waals surface area (Å²) >= 11 is 0. The van der Waals surface area contributed by atoms with Crippen LogP contribution in [-0.2, 0) is 24.3 Å². The summed E-state index contributed by atoms with van der Waals surface area (Å²) in [6.45, 7) is 20.4. The van der Waals surface area contributed by atoms with Crippen molar-refractivity contribution in [3.8, 4) is 0 Å². The highest BCUT2D eigenvalue weighted by Crippen LogP contribution is 2.12. The lowest BCUT2D eigenvalue weighted by Gasteiger charge is -2.21. The van der Waals surface area contributed by atoms with E-state index in [1.54, 1.807) is 41.5 Å². The summed E-state index contributed by atoms with van der Waals surface area (Å²) < 4.78 is 4.39. The van der Waals surface area contributed by atoms with Gasteiger partial charge in [-0.2, -0.15) is 4.89 Å².